The molecule has 4 nitrogen and oxygen atoms in total. The van der Waals surface area contributed by atoms with Crippen LogP contribution < -0.4 is 4.90 Å². The van der Waals surface area contributed by atoms with Crippen LogP contribution in [-0.4, -0.2) is 22.4 Å². The largest absolute Gasteiger partial charge is 0.332 e. The smallest absolute Gasteiger partial charge is 0.305 e. The lowest BCUT2D eigenvalue weighted by Crippen LogP contribution is -2.43. The summed E-state index contributed by atoms with van der Waals surface area (Å²) < 4.78 is 13.3. The molecule has 1 fully saturated rings. The van der Waals surface area contributed by atoms with Gasteiger partial charge < -0.3 is 4.90 Å². The fourth-order valence-corrected chi connectivity index (χ4v) is 3.79. The Morgan fingerprint density at radius 2 is 1.40 bits per heavy atom. The SMILES string of the molecule is CC1(C)C(=O)N(c2ccc(F)cc2)C(=O)N1Cc1ccccc1Cc1ccccc1. The van der Waals surface area contributed by atoms with Gasteiger partial charge >= 0.3 is 6.03 Å². The normalized spacial score (nSPS) is 15.7. The average molecular weight is 402 g/mol. The number of urea groups is 1. The highest BCUT2D eigenvalue weighted by Crippen LogP contribution is 2.34. The van der Waals surface area contributed by atoms with E-state index >= 15 is 0 Å². The van der Waals surface area contributed by atoms with Crippen molar-refractivity contribution in [3.8, 4) is 0 Å². The molecule has 0 aliphatic carbocycles. The van der Waals surface area contributed by atoms with E-state index in [1.54, 1.807) is 18.7 Å². The van der Waals surface area contributed by atoms with E-state index in [1.165, 1.54) is 29.8 Å². The quantitative estimate of drug-likeness (QED) is 0.553. The Labute approximate surface area is 175 Å². The highest BCUT2D eigenvalue weighted by molar-refractivity contribution is 6.22. The topological polar surface area (TPSA) is 40.6 Å². The Morgan fingerprint density at radius 1 is 0.800 bits per heavy atom. The standard InChI is InChI=1S/C25H23FN2O2/c1-25(2)23(29)28(22-14-12-21(26)13-15-22)24(30)27(25)17-20-11-7-6-10-19(20)16-18-8-4-3-5-9-18/h3-15H,16-17H2,1-2H3. The number of anilines is 1. The molecule has 0 radical (unpaired) electrons. The fourth-order valence-electron chi connectivity index (χ4n) is 3.79. The molecule has 30 heavy (non-hydrogen) atoms. The van der Waals surface area contributed by atoms with Crippen molar-refractivity contribution in [3.05, 3.63) is 101 Å². The first-order chi connectivity index (χ1) is 14.4. The summed E-state index contributed by atoms with van der Waals surface area (Å²) in [5, 5.41) is 0. The number of imide groups is 1. The first kappa shape index (κ1) is 19.8. The van der Waals surface area contributed by atoms with Crippen LogP contribution >= 0.6 is 0 Å². The Bertz CT molecular complexity index is 1080. The van der Waals surface area contributed by atoms with Gasteiger partial charge in [0, 0.05) is 6.54 Å². The lowest BCUT2D eigenvalue weighted by atomic mass is 9.97. The van der Waals surface area contributed by atoms with Gasteiger partial charge in [0.05, 0.1) is 5.69 Å². The average Bonchev–Trinajstić information content (AvgIpc) is 2.90. The van der Waals surface area contributed by atoms with Gasteiger partial charge in [0.15, 0.2) is 0 Å². The summed E-state index contributed by atoms with van der Waals surface area (Å²) >= 11 is 0. The van der Waals surface area contributed by atoms with Gasteiger partial charge in [0.2, 0.25) is 0 Å². The van der Waals surface area contributed by atoms with Crippen molar-refractivity contribution in [2.45, 2.75) is 32.4 Å². The van der Waals surface area contributed by atoms with Gasteiger partial charge in [-0.1, -0.05) is 54.6 Å². The minimum atomic E-state index is -1.01. The maximum Gasteiger partial charge on any atom is 0.332 e. The third kappa shape index (κ3) is 3.59. The van der Waals surface area contributed by atoms with Gasteiger partial charge in [0.25, 0.3) is 5.91 Å². The molecular weight excluding hydrogens is 379 g/mol. The number of halogens is 1. The number of hydrogen-bond acceptors (Lipinski definition) is 2. The lowest BCUT2D eigenvalue weighted by Gasteiger charge is -2.28. The van der Waals surface area contributed by atoms with Crippen LogP contribution in [0.4, 0.5) is 14.9 Å². The number of carbonyl (C=O) groups excluding carboxylic acids is 2. The highest BCUT2D eigenvalue weighted by Gasteiger charge is 2.51. The molecule has 1 aliphatic heterocycles. The molecule has 0 saturated carbocycles. The molecule has 4 rings (SSSR count). The molecule has 0 aromatic heterocycles. The van der Waals surface area contributed by atoms with Gasteiger partial charge in [0.1, 0.15) is 11.4 Å². The van der Waals surface area contributed by atoms with Crippen LogP contribution in [0.15, 0.2) is 78.9 Å². The van der Waals surface area contributed by atoms with E-state index in [2.05, 4.69) is 18.2 Å². The van der Waals surface area contributed by atoms with Crippen LogP contribution in [0, 0.1) is 5.82 Å². The molecule has 0 atom stereocenters. The first-order valence-corrected chi connectivity index (χ1v) is 9.90. The summed E-state index contributed by atoms with van der Waals surface area (Å²) in [6.45, 7) is 3.81. The van der Waals surface area contributed by atoms with Gasteiger partial charge in [-0.15, -0.1) is 0 Å². The molecule has 3 amide bonds. The molecule has 3 aromatic carbocycles. The minimum absolute atomic E-state index is 0.318. The van der Waals surface area contributed by atoms with E-state index in [4.69, 9.17) is 0 Å². The molecule has 1 saturated heterocycles. The van der Waals surface area contributed by atoms with Crippen LogP contribution in [0.2, 0.25) is 0 Å². The van der Waals surface area contributed by atoms with Gasteiger partial charge in [-0.2, -0.15) is 0 Å². The van der Waals surface area contributed by atoms with Gasteiger partial charge in [-0.25, -0.2) is 14.1 Å². The van der Waals surface area contributed by atoms with Crippen LogP contribution in [0.5, 0.6) is 0 Å². The zero-order chi connectivity index (χ0) is 21.3. The summed E-state index contributed by atoms with van der Waals surface area (Å²) in [6, 6.07) is 23.1. The lowest BCUT2D eigenvalue weighted by molar-refractivity contribution is -0.123. The molecule has 0 bridgehead atoms. The van der Waals surface area contributed by atoms with Crippen LogP contribution in [0.25, 0.3) is 0 Å². The molecule has 0 unspecified atom stereocenters. The summed E-state index contributed by atoms with van der Waals surface area (Å²) in [5.41, 5.74) is 2.66. The molecule has 0 spiro atoms. The summed E-state index contributed by atoms with van der Waals surface area (Å²) in [7, 11) is 0. The summed E-state index contributed by atoms with van der Waals surface area (Å²) in [6.07, 6.45) is 0.745. The van der Waals surface area contributed by atoms with E-state index in [0.29, 0.717) is 12.2 Å². The zero-order valence-corrected chi connectivity index (χ0v) is 17.0. The van der Waals surface area contributed by atoms with Crippen molar-refractivity contribution in [1.82, 2.24) is 4.90 Å². The second kappa shape index (κ2) is 7.75. The third-order valence-corrected chi connectivity index (χ3v) is 5.59. The van der Waals surface area contributed by atoms with Crippen LogP contribution in [-0.2, 0) is 17.8 Å². The number of amides is 3. The fraction of sp³-hybridized carbons (Fsp3) is 0.200. The summed E-state index contributed by atoms with van der Waals surface area (Å²) in [4.78, 5) is 29.0. The Kier molecular flexibility index (Phi) is 5.12. The second-order valence-corrected chi connectivity index (χ2v) is 7.98. The second-order valence-electron chi connectivity index (χ2n) is 7.98. The Hall–Kier alpha value is -3.47. The minimum Gasteiger partial charge on any atom is -0.305 e. The molecule has 5 heteroatoms. The van der Waals surface area contributed by atoms with Crippen LogP contribution in [0.3, 0.4) is 0 Å². The number of nitrogens with zero attached hydrogens (tertiary/aromatic N) is 2. The van der Waals surface area contributed by atoms with Crippen molar-refractivity contribution in [2.24, 2.45) is 0 Å². The molecular formula is C25H23FN2O2. The van der Waals surface area contributed by atoms with Crippen LogP contribution in [0.1, 0.15) is 30.5 Å². The van der Waals surface area contributed by atoms with Crippen molar-refractivity contribution in [3.63, 3.8) is 0 Å². The van der Waals surface area contributed by atoms with Gasteiger partial charge in [-0.3, -0.25) is 4.79 Å². The van der Waals surface area contributed by atoms with E-state index in [9.17, 15) is 14.0 Å². The third-order valence-electron chi connectivity index (χ3n) is 5.59. The number of carbonyl (C=O) groups is 2. The predicted molar refractivity (Wildman–Crippen MR) is 115 cm³/mol. The molecule has 1 aliphatic rings. The molecule has 152 valence electrons. The molecule has 0 N–H and O–H groups in total. The van der Waals surface area contributed by atoms with E-state index < -0.39 is 17.4 Å². The Morgan fingerprint density at radius 3 is 2.07 bits per heavy atom. The first-order valence-electron chi connectivity index (χ1n) is 9.90. The zero-order valence-electron chi connectivity index (χ0n) is 17.0. The highest BCUT2D eigenvalue weighted by atomic mass is 19.1. The predicted octanol–water partition coefficient (Wildman–Crippen LogP) is 5.16. The maximum atomic E-state index is 13.3. The van der Waals surface area contributed by atoms with E-state index in [0.717, 1.165) is 22.4 Å². The molecule has 3 aromatic rings. The van der Waals surface area contributed by atoms with E-state index in [-0.39, 0.29) is 5.91 Å². The Balaban J connectivity index is 1.64. The summed E-state index contributed by atoms with van der Waals surface area (Å²) in [5.74, 6) is -0.733. The van der Waals surface area contributed by atoms with Gasteiger partial charge in [-0.05, 0) is 61.2 Å². The maximum absolute atomic E-state index is 13.3. The van der Waals surface area contributed by atoms with Crippen molar-refractivity contribution < 1.29 is 14.0 Å². The molecule has 1 heterocycles. The van der Waals surface area contributed by atoms with Crippen molar-refractivity contribution >= 4 is 17.6 Å². The van der Waals surface area contributed by atoms with Crippen molar-refractivity contribution in [2.75, 3.05) is 4.90 Å². The monoisotopic (exact) mass is 402 g/mol. The van der Waals surface area contributed by atoms with E-state index in [1.807, 2.05) is 36.4 Å². The van der Waals surface area contributed by atoms with Crippen molar-refractivity contribution in [1.29, 1.82) is 0 Å². The number of rotatable bonds is 5. The number of hydrogen-bond donors (Lipinski definition) is 0. The number of benzene rings is 3.